The van der Waals surface area contributed by atoms with Crippen molar-refractivity contribution in [3.63, 3.8) is 0 Å². The molecule has 6 heteroatoms. The summed E-state index contributed by atoms with van der Waals surface area (Å²) in [5.74, 6) is 0.139. The highest BCUT2D eigenvalue weighted by Crippen LogP contribution is 2.52. The fourth-order valence-electron chi connectivity index (χ4n) is 3.50. The average Bonchev–Trinajstić information content (AvgIpc) is 2.57. The van der Waals surface area contributed by atoms with Gasteiger partial charge in [-0.3, -0.25) is 9.69 Å². The Morgan fingerprint density at radius 2 is 2.00 bits per heavy atom. The number of carbonyl (C=O) groups excluding carboxylic acids is 2. The van der Waals surface area contributed by atoms with Gasteiger partial charge in [0.05, 0.1) is 5.56 Å². The molecule has 0 aromatic heterocycles. The molecular weight excluding hydrogens is 346 g/mol. The van der Waals surface area contributed by atoms with Crippen LogP contribution in [-0.2, 0) is 15.0 Å². The van der Waals surface area contributed by atoms with Crippen LogP contribution in [0, 0.1) is 5.92 Å². The van der Waals surface area contributed by atoms with Crippen LogP contribution in [0.1, 0.15) is 50.5 Å². The molecule has 2 rings (SSSR count). The zero-order chi connectivity index (χ0) is 20.4. The number of hydrogen-bond acceptors (Lipinski definition) is 5. The standard InChI is InChI=1S/C21H29NO5/c1-8-12-26-16-11-9-10-15-17(16)18(23)21(15,14(2)3)22(13-25-7)19(24)27-20(4,5)6/h8-11,14H,1,12-13H2,2-7H3/t21-/m1/s1. The van der Waals surface area contributed by atoms with Crippen LogP contribution < -0.4 is 4.74 Å². The zero-order valence-electron chi connectivity index (χ0n) is 17.0. The van der Waals surface area contributed by atoms with E-state index < -0.39 is 17.2 Å². The Morgan fingerprint density at radius 3 is 2.52 bits per heavy atom. The summed E-state index contributed by atoms with van der Waals surface area (Å²) in [6.07, 6.45) is 1.03. The van der Waals surface area contributed by atoms with E-state index in [4.69, 9.17) is 14.2 Å². The Balaban J connectivity index is 2.56. The normalized spacial score (nSPS) is 18.6. The molecule has 0 unspecified atom stereocenters. The minimum atomic E-state index is -1.15. The van der Waals surface area contributed by atoms with Crippen LogP contribution in [0.15, 0.2) is 30.9 Å². The van der Waals surface area contributed by atoms with Crippen molar-refractivity contribution in [1.82, 2.24) is 4.90 Å². The molecule has 0 fully saturated rings. The van der Waals surface area contributed by atoms with Crippen LogP contribution in [0.2, 0.25) is 0 Å². The lowest BCUT2D eigenvalue weighted by molar-refractivity contribution is -0.0550. The van der Waals surface area contributed by atoms with Crippen LogP contribution in [0.5, 0.6) is 5.75 Å². The van der Waals surface area contributed by atoms with Crippen molar-refractivity contribution in [3.8, 4) is 5.75 Å². The first-order valence-corrected chi connectivity index (χ1v) is 9.02. The molecule has 0 radical (unpaired) electrons. The van der Waals surface area contributed by atoms with Gasteiger partial charge in [0.25, 0.3) is 0 Å². The van der Waals surface area contributed by atoms with E-state index in [0.717, 1.165) is 5.56 Å². The average molecular weight is 375 g/mol. The van der Waals surface area contributed by atoms with Gasteiger partial charge in [-0.15, -0.1) is 0 Å². The summed E-state index contributed by atoms with van der Waals surface area (Å²) >= 11 is 0. The van der Waals surface area contributed by atoms with Gasteiger partial charge in [0.15, 0.2) is 5.78 Å². The number of fused-ring (bicyclic) bond motifs is 1. The lowest BCUT2D eigenvalue weighted by Crippen LogP contribution is -2.64. The minimum absolute atomic E-state index is 0.0595. The largest absolute Gasteiger partial charge is 0.489 e. The van der Waals surface area contributed by atoms with E-state index in [1.165, 1.54) is 12.0 Å². The summed E-state index contributed by atoms with van der Waals surface area (Å²) in [6, 6.07) is 5.42. The summed E-state index contributed by atoms with van der Waals surface area (Å²) in [5, 5.41) is 0. The van der Waals surface area contributed by atoms with Crippen LogP contribution in [0.25, 0.3) is 0 Å². The van der Waals surface area contributed by atoms with E-state index in [0.29, 0.717) is 17.9 Å². The Hall–Kier alpha value is -2.34. The number of rotatable bonds is 7. The van der Waals surface area contributed by atoms with Crippen LogP contribution in [0.4, 0.5) is 4.79 Å². The predicted molar refractivity (Wildman–Crippen MR) is 103 cm³/mol. The van der Waals surface area contributed by atoms with E-state index in [1.807, 2.05) is 26.0 Å². The molecule has 27 heavy (non-hydrogen) atoms. The molecule has 1 aromatic rings. The molecule has 0 aliphatic heterocycles. The van der Waals surface area contributed by atoms with E-state index in [9.17, 15) is 9.59 Å². The van der Waals surface area contributed by atoms with Crippen molar-refractivity contribution in [2.45, 2.75) is 45.8 Å². The molecule has 1 aromatic carbocycles. The number of amides is 1. The van der Waals surface area contributed by atoms with Gasteiger partial charge in [0, 0.05) is 12.7 Å². The fourth-order valence-corrected chi connectivity index (χ4v) is 3.50. The molecule has 0 saturated heterocycles. The second kappa shape index (κ2) is 7.72. The Bertz CT molecular complexity index is 735. The quantitative estimate of drug-likeness (QED) is 0.529. The van der Waals surface area contributed by atoms with Gasteiger partial charge in [-0.25, -0.2) is 4.79 Å². The molecule has 1 atom stereocenters. The van der Waals surface area contributed by atoms with Gasteiger partial charge >= 0.3 is 6.09 Å². The molecule has 1 amide bonds. The lowest BCUT2D eigenvalue weighted by Gasteiger charge is -2.51. The maximum Gasteiger partial charge on any atom is 0.413 e. The monoisotopic (exact) mass is 375 g/mol. The Kier molecular flexibility index (Phi) is 6.00. The summed E-state index contributed by atoms with van der Waals surface area (Å²) in [5.41, 5.74) is -0.600. The minimum Gasteiger partial charge on any atom is -0.489 e. The third-order valence-electron chi connectivity index (χ3n) is 4.50. The maximum absolute atomic E-state index is 13.4. The van der Waals surface area contributed by atoms with Gasteiger partial charge in [0.1, 0.15) is 30.2 Å². The lowest BCUT2D eigenvalue weighted by atomic mass is 9.62. The maximum atomic E-state index is 13.4. The number of nitrogens with zero attached hydrogens (tertiary/aromatic N) is 1. The predicted octanol–water partition coefficient (Wildman–Crippen LogP) is 4.14. The first-order valence-electron chi connectivity index (χ1n) is 9.02. The molecule has 0 spiro atoms. The molecule has 0 N–H and O–H groups in total. The van der Waals surface area contributed by atoms with Gasteiger partial charge in [0.2, 0.25) is 0 Å². The molecule has 148 valence electrons. The highest BCUT2D eigenvalue weighted by molar-refractivity contribution is 6.16. The SMILES string of the molecule is C=CCOc1cccc2c1C(=O)[C@]2(C(C)C)N(COC)C(=O)OC(C)(C)C. The van der Waals surface area contributed by atoms with E-state index >= 15 is 0 Å². The van der Waals surface area contributed by atoms with Gasteiger partial charge < -0.3 is 14.2 Å². The highest BCUT2D eigenvalue weighted by Gasteiger charge is 2.61. The molecular formula is C21H29NO5. The zero-order valence-corrected chi connectivity index (χ0v) is 17.0. The summed E-state index contributed by atoms with van der Waals surface area (Å²) in [6.45, 7) is 13.1. The van der Waals surface area contributed by atoms with Crippen LogP contribution in [0.3, 0.4) is 0 Å². The second-order valence-electron chi connectivity index (χ2n) is 7.85. The van der Waals surface area contributed by atoms with Crippen molar-refractivity contribution in [2.24, 2.45) is 5.92 Å². The van der Waals surface area contributed by atoms with E-state index in [-0.39, 0.29) is 18.4 Å². The molecule has 0 heterocycles. The van der Waals surface area contributed by atoms with Gasteiger partial charge in [-0.2, -0.15) is 0 Å². The highest BCUT2D eigenvalue weighted by atomic mass is 16.6. The van der Waals surface area contributed by atoms with Gasteiger partial charge in [-0.05, 0) is 32.8 Å². The number of ether oxygens (including phenoxy) is 3. The van der Waals surface area contributed by atoms with Crippen LogP contribution in [-0.4, -0.2) is 42.8 Å². The number of benzene rings is 1. The first-order chi connectivity index (χ1) is 12.6. The summed E-state index contributed by atoms with van der Waals surface area (Å²) < 4.78 is 16.4. The third kappa shape index (κ3) is 3.58. The smallest absolute Gasteiger partial charge is 0.413 e. The van der Waals surface area contributed by atoms with Crippen molar-refractivity contribution < 1.29 is 23.8 Å². The summed E-state index contributed by atoms with van der Waals surface area (Å²) in [7, 11) is 1.49. The number of methoxy groups -OCH3 is 1. The van der Waals surface area contributed by atoms with Crippen molar-refractivity contribution in [2.75, 3.05) is 20.4 Å². The molecule has 0 saturated carbocycles. The first kappa shape index (κ1) is 21.0. The molecule has 0 bridgehead atoms. The fraction of sp³-hybridized carbons (Fsp3) is 0.524. The molecule has 1 aliphatic rings. The third-order valence-corrected chi connectivity index (χ3v) is 4.50. The van der Waals surface area contributed by atoms with Crippen molar-refractivity contribution in [1.29, 1.82) is 0 Å². The summed E-state index contributed by atoms with van der Waals surface area (Å²) in [4.78, 5) is 27.7. The van der Waals surface area contributed by atoms with E-state index in [1.54, 1.807) is 32.9 Å². The molecule has 6 nitrogen and oxygen atoms in total. The Morgan fingerprint density at radius 1 is 1.33 bits per heavy atom. The number of hydrogen-bond donors (Lipinski definition) is 0. The number of carbonyl (C=O) groups is 2. The Labute approximate surface area is 161 Å². The number of Topliss-reactive ketones (excluding diaryl/α,β-unsaturated/α-hetero) is 1. The van der Waals surface area contributed by atoms with Crippen LogP contribution >= 0.6 is 0 Å². The number of ketones is 1. The topological polar surface area (TPSA) is 65.1 Å². The van der Waals surface area contributed by atoms with E-state index in [2.05, 4.69) is 6.58 Å². The van der Waals surface area contributed by atoms with Gasteiger partial charge in [-0.1, -0.05) is 38.6 Å². The molecule has 1 aliphatic carbocycles. The second-order valence-corrected chi connectivity index (χ2v) is 7.85. The van der Waals surface area contributed by atoms with Crippen molar-refractivity contribution in [3.05, 3.63) is 42.0 Å². The van der Waals surface area contributed by atoms with Crippen molar-refractivity contribution >= 4 is 11.9 Å².